The zero-order valence-electron chi connectivity index (χ0n) is 6.75. The van der Waals surface area contributed by atoms with Crippen molar-refractivity contribution in [2.45, 2.75) is 13.3 Å². The average molecular weight is 148 g/mol. The molecule has 0 amide bonds. The molecule has 0 unspecified atom stereocenters. The molecule has 0 aromatic rings. The molecule has 0 spiro atoms. The van der Waals surface area contributed by atoms with Crippen LogP contribution in [0.2, 0.25) is 0 Å². The highest BCUT2D eigenvalue weighted by atomic mass is 14.8. The van der Waals surface area contributed by atoms with Crippen molar-refractivity contribution in [1.82, 2.24) is 0 Å². The maximum absolute atomic E-state index is 4.30. The lowest BCUT2D eigenvalue weighted by atomic mass is 10.2. The molecule has 1 heterocycles. The third-order valence-electron chi connectivity index (χ3n) is 1.37. The molecule has 1 aliphatic heterocycles. The first kappa shape index (κ1) is 7.92. The van der Waals surface area contributed by atoms with Gasteiger partial charge in [-0.2, -0.15) is 0 Å². The van der Waals surface area contributed by atoms with E-state index in [1.165, 1.54) is 0 Å². The summed E-state index contributed by atoms with van der Waals surface area (Å²) in [6.07, 6.45) is 6.61. The van der Waals surface area contributed by atoms with Crippen LogP contribution in [0.15, 0.2) is 34.4 Å². The van der Waals surface area contributed by atoms with E-state index in [0.717, 1.165) is 24.4 Å². The standard InChI is InChI=1S/C9H12N2/c1-3-6-11-9-5-4-7-10-8(9)2/h4-5,7H,2-3,6H2,1H3. The van der Waals surface area contributed by atoms with E-state index in [0.29, 0.717) is 0 Å². The van der Waals surface area contributed by atoms with Crippen LogP contribution in [0.4, 0.5) is 0 Å². The van der Waals surface area contributed by atoms with Gasteiger partial charge < -0.3 is 0 Å². The predicted molar refractivity (Wildman–Crippen MR) is 49.4 cm³/mol. The Hall–Kier alpha value is -1.18. The average Bonchev–Trinajstić information content (AvgIpc) is 2.03. The molecule has 0 saturated carbocycles. The molecule has 0 aliphatic carbocycles. The maximum atomic E-state index is 4.30. The highest BCUT2D eigenvalue weighted by Crippen LogP contribution is 2.03. The minimum atomic E-state index is 0.765. The van der Waals surface area contributed by atoms with Gasteiger partial charge in [0.15, 0.2) is 0 Å². The van der Waals surface area contributed by atoms with Crippen LogP contribution in [0.3, 0.4) is 0 Å². The maximum Gasteiger partial charge on any atom is 0.0825 e. The van der Waals surface area contributed by atoms with Crippen LogP contribution in [-0.4, -0.2) is 18.5 Å². The van der Waals surface area contributed by atoms with Crippen LogP contribution in [0, 0.1) is 0 Å². The van der Waals surface area contributed by atoms with E-state index in [4.69, 9.17) is 0 Å². The van der Waals surface area contributed by atoms with E-state index < -0.39 is 0 Å². The summed E-state index contributed by atoms with van der Waals surface area (Å²) in [5.41, 5.74) is 1.68. The summed E-state index contributed by atoms with van der Waals surface area (Å²) in [7, 11) is 0. The second kappa shape index (κ2) is 3.86. The molecule has 2 heteroatoms. The Morgan fingerprint density at radius 1 is 1.64 bits per heavy atom. The van der Waals surface area contributed by atoms with Crippen LogP contribution in [0.25, 0.3) is 0 Å². The smallest absolute Gasteiger partial charge is 0.0825 e. The van der Waals surface area contributed by atoms with Crippen LogP contribution < -0.4 is 0 Å². The molecule has 1 aliphatic rings. The fourth-order valence-corrected chi connectivity index (χ4v) is 0.806. The largest absolute Gasteiger partial charge is 0.283 e. The van der Waals surface area contributed by atoms with Crippen molar-refractivity contribution in [1.29, 1.82) is 0 Å². The molecule has 58 valence electrons. The number of nitrogens with zero attached hydrogens (tertiary/aromatic N) is 2. The molecule has 2 nitrogen and oxygen atoms in total. The van der Waals surface area contributed by atoms with Crippen molar-refractivity contribution in [2.24, 2.45) is 9.98 Å². The van der Waals surface area contributed by atoms with E-state index in [1.807, 2.05) is 12.2 Å². The van der Waals surface area contributed by atoms with Gasteiger partial charge in [0.1, 0.15) is 0 Å². The van der Waals surface area contributed by atoms with Crippen molar-refractivity contribution in [2.75, 3.05) is 6.54 Å². The number of aliphatic imine (C=N–C) groups is 2. The number of allylic oxidation sites excluding steroid dienone is 2. The molecule has 11 heavy (non-hydrogen) atoms. The number of hydrogen-bond donors (Lipinski definition) is 0. The summed E-state index contributed by atoms with van der Waals surface area (Å²) < 4.78 is 0. The molecular formula is C9H12N2. The van der Waals surface area contributed by atoms with Gasteiger partial charge in [0.05, 0.1) is 11.4 Å². The minimum absolute atomic E-state index is 0.765. The molecule has 0 atom stereocenters. The van der Waals surface area contributed by atoms with Crippen LogP contribution in [0.1, 0.15) is 13.3 Å². The van der Waals surface area contributed by atoms with Crippen molar-refractivity contribution in [3.05, 3.63) is 24.4 Å². The van der Waals surface area contributed by atoms with Gasteiger partial charge in [-0.3, -0.25) is 9.98 Å². The van der Waals surface area contributed by atoms with Crippen LogP contribution in [-0.2, 0) is 0 Å². The summed E-state index contributed by atoms with van der Waals surface area (Å²) in [5, 5.41) is 0. The lowest BCUT2D eigenvalue weighted by molar-refractivity contribution is 0.933. The van der Waals surface area contributed by atoms with E-state index in [1.54, 1.807) is 6.21 Å². The van der Waals surface area contributed by atoms with Gasteiger partial charge in [0.2, 0.25) is 0 Å². The highest BCUT2D eigenvalue weighted by molar-refractivity contribution is 6.12. The molecule has 0 bridgehead atoms. The van der Waals surface area contributed by atoms with Gasteiger partial charge in [0.25, 0.3) is 0 Å². The van der Waals surface area contributed by atoms with Crippen molar-refractivity contribution < 1.29 is 0 Å². The Kier molecular flexibility index (Phi) is 2.78. The summed E-state index contributed by atoms with van der Waals surface area (Å²) >= 11 is 0. The Labute approximate surface area is 67.1 Å². The molecule has 0 aromatic carbocycles. The van der Waals surface area contributed by atoms with Crippen LogP contribution in [0.5, 0.6) is 0 Å². The zero-order chi connectivity index (χ0) is 8.10. The van der Waals surface area contributed by atoms with Gasteiger partial charge in [-0.05, 0) is 18.6 Å². The Bertz CT molecular complexity index is 234. The Morgan fingerprint density at radius 3 is 3.09 bits per heavy atom. The second-order valence-corrected chi connectivity index (χ2v) is 2.35. The number of hydrogen-bond acceptors (Lipinski definition) is 2. The molecule has 0 radical (unpaired) electrons. The molecule has 1 rings (SSSR count). The molecule has 0 aromatic heterocycles. The molecule has 0 saturated heterocycles. The number of rotatable bonds is 2. The quantitative estimate of drug-likeness (QED) is 0.572. The third kappa shape index (κ3) is 2.15. The highest BCUT2D eigenvalue weighted by Gasteiger charge is 1.99. The van der Waals surface area contributed by atoms with Gasteiger partial charge in [0, 0.05) is 12.8 Å². The molecule has 0 fully saturated rings. The van der Waals surface area contributed by atoms with Crippen molar-refractivity contribution in [3.63, 3.8) is 0 Å². The molecule has 0 N–H and O–H groups in total. The zero-order valence-corrected chi connectivity index (χ0v) is 6.75. The first-order valence-corrected chi connectivity index (χ1v) is 3.79. The van der Waals surface area contributed by atoms with E-state index in [9.17, 15) is 0 Å². The predicted octanol–water partition coefficient (Wildman–Crippen LogP) is 1.99. The first-order valence-electron chi connectivity index (χ1n) is 3.79. The number of dihydropyridines is 1. The van der Waals surface area contributed by atoms with Gasteiger partial charge in [-0.15, -0.1) is 0 Å². The van der Waals surface area contributed by atoms with E-state index in [2.05, 4.69) is 23.5 Å². The fourth-order valence-electron chi connectivity index (χ4n) is 0.806. The van der Waals surface area contributed by atoms with Gasteiger partial charge >= 0.3 is 0 Å². The Balaban J connectivity index is 2.65. The fraction of sp³-hybridized carbons (Fsp3) is 0.333. The normalized spacial score (nSPS) is 19.7. The molecular weight excluding hydrogens is 136 g/mol. The summed E-state index contributed by atoms with van der Waals surface area (Å²) in [6, 6.07) is 0. The van der Waals surface area contributed by atoms with E-state index in [-0.39, 0.29) is 0 Å². The lowest BCUT2D eigenvalue weighted by Gasteiger charge is -2.02. The second-order valence-electron chi connectivity index (χ2n) is 2.35. The first-order chi connectivity index (χ1) is 5.34. The topological polar surface area (TPSA) is 24.7 Å². The van der Waals surface area contributed by atoms with Crippen molar-refractivity contribution in [3.8, 4) is 0 Å². The lowest BCUT2D eigenvalue weighted by Crippen LogP contribution is -2.01. The minimum Gasteiger partial charge on any atom is -0.283 e. The van der Waals surface area contributed by atoms with E-state index >= 15 is 0 Å². The van der Waals surface area contributed by atoms with Crippen LogP contribution >= 0.6 is 0 Å². The van der Waals surface area contributed by atoms with Gasteiger partial charge in [-0.1, -0.05) is 13.5 Å². The summed E-state index contributed by atoms with van der Waals surface area (Å²) in [6.45, 7) is 6.72. The Morgan fingerprint density at radius 2 is 2.45 bits per heavy atom. The van der Waals surface area contributed by atoms with Gasteiger partial charge in [-0.25, -0.2) is 0 Å². The monoisotopic (exact) mass is 148 g/mol. The SMILES string of the molecule is C=C1N=CC=CC1=NCCC. The van der Waals surface area contributed by atoms with Crippen molar-refractivity contribution >= 4 is 11.9 Å². The summed E-state index contributed by atoms with van der Waals surface area (Å²) in [5.74, 6) is 0. The third-order valence-corrected chi connectivity index (χ3v) is 1.37. The summed E-state index contributed by atoms with van der Waals surface area (Å²) in [4.78, 5) is 8.33.